The third-order valence-electron chi connectivity index (χ3n) is 2.82. The Kier molecular flexibility index (Phi) is 3.15. The normalized spacial score (nSPS) is 15.1. The van der Waals surface area contributed by atoms with Gasteiger partial charge >= 0.3 is 5.69 Å². The summed E-state index contributed by atoms with van der Waals surface area (Å²) in [7, 11) is 1.33. The molecule has 2 rings (SSSR count). The first kappa shape index (κ1) is 12.3. The summed E-state index contributed by atoms with van der Waals surface area (Å²) in [5.74, 6) is -0.111. The summed E-state index contributed by atoms with van der Waals surface area (Å²) >= 11 is 0. The van der Waals surface area contributed by atoms with Gasteiger partial charge in [-0.3, -0.25) is 14.9 Å². The Hall–Kier alpha value is -2.15. The lowest BCUT2D eigenvalue weighted by Gasteiger charge is -2.36. The number of rotatable bonds is 3. The zero-order chi connectivity index (χ0) is 13.3. The molecule has 0 saturated carbocycles. The molecule has 1 aromatic rings. The molecule has 1 heterocycles. The van der Waals surface area contributed by atoms with Gasteiger partial charge in [-0.2, -0.15) is 0 Å². The third-order valence-corrected chi connectivity index (χ3v) is 2.82. The van der Waals surface area contributed by atoms with Crippen molar-refractivity contribution in [1.82, 2.24) is 4.90 Å². The Balaban J connectivity index is 2.24. The second kappa shape index (κ2) is 4.61. The van der Waals surface area contributed by atoms with E-state index in [1.54, 1.807) is 4.90 Å². The Bertz CT molecular complexity index is 497. The molecule has 1 saturated heterocycles. The highest BCUT2D eigenvalue weighted by molar-refractivity contribution is 5.95. The van der Waals surface area contributed by atoms with E-state index < -0.39 is 4.92 Å². The number of nitro groups is 1. The molecule has 0 bridgehead atoms. The number of methoxy groups -OCH3 is 1. The smallest absolute Gasteiger partial charge is 0.310 e. The van der Waals surface area contributed by atoms with Crippen LogP contribution in [0.2, 0.25) is 0 Å². The van der Waals surface area contributed by atoms with Crippen molar-refractivity contribution in [2.75, 3.05) is 20.2 Å². The van der Waals surface area contributed by atoms with Crippen LogP contribution in [-0.2, 0) is 0 Å². The molecule has 1 aliphatic heterocycles. The molecular weight excluding hydrogens is 238 g/mol. The fraction of sp³-hybridized carbons (Fsp3) is 0.364. The molecule has 0 atom stereocenters. The lowest BCUT2D eigenvalue weighted by Crippen LogP contribution is -2.57. The van der Waals surface area contributed by atoms with E-state index in [2.05, 4.69) is 0 Å². The fourth-order valence-corrected chi connectivity index (χ4v) is 1.82. The monoisotopic (exact) mass is 251 g/mol. The largest absolute Gasteiger partial charge is 0.490 e. The molecule has 2 N–H and O–H groups in total. The van der Waals surface area contributed by atoms with Crippen molar-refractivity contribution < 1.29 is 14.5 Å². The molecular formula is C11H13N3O4. The van der Waals surface area contributed by atoms with Gasteiger partial charge in [-0.15, -0.1) is 0 Å². The van der Waals surface area contributed by atoms with Crippen LogP contribution in [0, 0.1) is 10.1 Å². The number of nitro benzene ring substituents is 1. The van der Waals surface area contributed by atoms with Crippen molar-refractivity contribution in [3.05, 3.63) is 33.9 Å². The number of carbonyl (C=O) groups excluding carboxylic acids is 1. The first-order valence-electron chi connectivity index (χ1n) is 5.40. The van der Waals surface area contributed by atoms with E-state index in [1.165, 1.54) is 25.3 Å². The molecule has 18 heavy (non-hydrogen) atoms. The quantitative estimate of drug-likeness (QED) is 0.618. The SMILES string of the molecule is COc1cc(C(=O)N2CC(N)C2)ccc1[N+](=O)[O-]. The summed E-state index contributed by atoms with van der Waals surface area (Å²) in [6.07, 6.45) is 0. The number of hydrogen-bond acceptors (Lipinski definition) is 5. The molecule has 96 valence electrons. The molecule has 1 amide bonds. The zero-order valence-corrected chi connectivity index (χ0v) is 9.83. The minimum atomic E-state index is -0.549. The van der Waals surface area contributed by atoms with Crippen LogP contribution in [0.1, 0.15) is 10.4 Å². The van der Waals surface area contributed by atoms with E-state index in [-0.39, 0.29) is 23.4 Å². The first-order valence-corrected chi connectivity index (χ1v) is 5.40. The number of nitrogens with two attached hydrogens (primary N) is 1. The highest BCUT2D eigenvalue weighted by atomic mass is 16.6. The van der Waals surface area contributed by atoms with Gasteiger partial charge in [0, 0.05) is 36.8 Å². The molecule has 0 spiro atoms. The number of amides is 1. The van der Waals surface area contributed by atoms with Crippen molar-refractivity contribution in [1.29, 1.82) is 0 Å². The van der Waals surface area contributed by atoms with E-state index in [4.69, 9.17) is 10.5 Å². The van der Waals surface area contributed by atoms with Crippen molar-refractivity contribution in [3.8, 4) is 5.75 Å². The summed E-state index contributed by atoms with van der Waals surface area (Å²) in [5, 5.41) is 10.7. The van der Waals surface area contributed by atoms with Crippen molar-refractivity contribution >= 4 is 11.6 Å². The summed E-state index contributed by atoms with van der Waals surface area (Å²) < 4.78 is 4.91. The Morgan fingerprint density at radius 3 is 2.72 bits per heavy atom. The van der Waals surface area contributed by atoms with Crippen molar-refractivity contribution in [2.45, 2.75) is 6.04 Å². The van der Waals surface area contributed by atoms with Gasteiger partial charge in [0.2, 0.25) is 0 Å². The van der Waals surface area contributed by atoms with Crippen LogP contribution in [0.4, 0.5) is 5.69 Å². The number of ether oxygens (including phenoxy) is 1. The predicted molar refractivity (Wildman–Crippen MR) is 63.5 cm³/mol. The molecule has 1 aromatic carbocycles. The highest BCUT2D eigenvalue weighted by Crippen LogP contribution is 2.28. The minimum absolute atomic E-state index is 0.0221. The standard InChI is InChI=1S/C11H13N3O4/c1-18-10-4-7(2-3-9(10)14(16)17)11(15)13-5-8(12)6-13/h2-4,8H,5-6,12H2,1H3. The van der Waals surface area contributed by atoms with E-state index in [9.17, 15) is 14.9 Å². The summed E-state index contributed by atoms with van der Waals surface area (Å²) in [6.45, 7) is 1.02. The lowest BCUT2D eigenvalue weighted by atomic mass is 10.1. The van der Waals surface area contributed by atoms with Crippen molar-refractivity contribution in [2.24, 2.45) is 5.73 Å². The van der Waals surface area contributed by atoms with Crippen LogP contribution in [0.15, 0.2) is 18.2 Å². The topological polar surface area (TPSA) is 98.7 Å². The van der Waals surface area contributed by atoms with Crippen LogP contribution < -0.4 is 10.5 Å². The number of carbonyl (C=O) groups is 1. The molecule has 0 aromatic heterocycles. The summed E-state index contributed by atoms with van der Waals surface area (Å²) in [6, 6.07) is 4.09. The summed E-state index contributed by atoms with van der Waals surface area (Å²) in [5.41, 5.74) is 5.80. The Morgan fingerprint density at radius 2 is 2.22 bits per heavy atom. The van der Waals surface area contributed by atoms with Gasteiger partial charge in [0.05, 0.1) is 12.0 Å². The van der Waals surface area contributed by atoms with Gasteiger partial charge in [0.25, 0.3) is 5.91 Å². The van der Waals surface area contributed by atoms with E-state index in [0.717, 1.165) is 0 Å². The van der Waals surface area contributed by atoms with Crippen LogP contribution in [-0.4, -0.2) is 42.0 Å². The average molecular weight is 251 g/mol. The van der Waals surface area contributed by atoms with Gasteiger partial charge in [0.1, 0.15) is 0 Å². The summed E-state index contributed by atoms with van der Waals surface area (Å²) in [4.78, 5) is 23.7. The Labute approximate surface area is 103 Å². The highest BCUT2D eigenvalue weighted by Gasteiger charge is 2.29. The fourth-order valence-electron chi connectivity index (χ4n) is 1.82. The van der Waals surface area contributed by atoms with Crippen LogP contribution in [0.5, 0.6) is 5.75 Å². The van der Waals surface area contributed by atoms with E-state index in [1.807, 2.05) is 0 Å². The number of likely N-dealkylation sites (tertiary alicyclic amines) is 1. The second-order valence-electron chi connectivity index (χ2n) is 4.11. The van der Waals surface area contributed by atoms with Gasteiger partial charge in [-0.1, -0.05) is 0 Å². The molecule has 1 fully saturated rings. The maximum Gasteiger partial charge on any atom is 0.310 e. The second-order valence-corrected chi connectivity index (χ2v) is 4.11. The Morgan fingerprint density at radius 1 is 1.56 bits per heavy atom. The maximum absolute atomic E-state index is 12.0. The van der Waals surface area contributed by atoms with E-state index in [0.29, 0.717) is 18.7 Å². The van der Waals surface area contributed by atoms with E-state index >= 15 is 0 Å². The maximum atomic E-state index is 12.0. The first-order chi connectivity index (χ1) is 8.52. The predicted octanol–water partition coefficient (Wildman–Crippen LogP) is 0.387. The molecule has 0 aliphatic carbocycles. The molecule has 0 radical (unpaired) electrons. The lowest BCUT2D eigenvalue weighted by molar-refractivity contribution is -0.385. The van der Waals surface area contributed by atoms with Gasteiger partial charge in [-0.05, 0) is 6.07 Å². The molecule has 0 unspecified atom stereocenters. The van der Waals surface area contributed by atoms with Crippen LogP contribution >= 0.6 is 0 Å². The number of benzene rings is 1. The van der Waals surface area contributed by atoms with Gasteiger partial charge in [-0.25, -0.2) is 0 Å². The van der Waals surface area contributed by atoms with Gasteiger partial charge < -0.3 is 15.4 Å². The third kappa shape index (κ3) is 2.12. The number of nitrogens with zero attached hydrogens (tertiary/aromatic N) is 2. The molecule has 7 nitrogen and oxygen atoms in total. The van der Waals surface area contributed by atoms with Crippen LogP contribution in [0.25, 0.3) is 0 Å². The molecule has 1 aliphatic rings. The van der Waals surface area contributed by atoms with Crippen LogP contribution in [0.3, 0.4) is 0 Å². The average Bonchev–Trinajstić information content (AvgIpc) is 2.33. The minimum Gasteiger partial charge on any atom is -0.490 e. The molecule has 7 heteroatoms. The van der Waals surface area contributed by atoms with Crippen molar-refractivity contribution in [3.63, 3.8) is 0 Å². The zero-order valence-electron chi connectivity index (χ0n) is 9.83. The van der Waals surface area contributed by atoms with Gasteiger partial charge in [0.15, 0.2) is 5.75 Å². The number of hydrogen-bond donors (Lipinski definition) is 1.